The molecule has 0 unspecified atom stereocenters. The third kappa shape index (κ3) is 13.6. The van der Waals surface area contributed by atoms with Crippen molar-refractivity contribution in [1.29, 1.82) is 0 Å². The second kappa shape index (κ2) is 11.2. The van der Waals surface area contributed by atoms with E-state index in [0.717, 1.165) is 20.3 Å². The predicted molar refractivity (Wildman–Crippen MR) is 82.3 cm³/mol. The summed E-state index contributed by atoms with van der Waals surface area (Å²) >= 11 is 0. The van der Waals surface area contributed by atoms with Gasteiger partial charge in [-0.1, -0.05) is 60.7 Å². The minimum atomic E-state index is -0.833. The number of carbonyl (C=O) groups is 2. The quantitative estimate of drug-likeness (QED) is 0.887. The van der Waals surface area contributed by atoms with Crippen molar-refractivity contribution in [1.82, 2.24) is 0 Å². The molecule has 0 fully saturated rings. The van der Waals surface area contributed by atoms with Gasteiger partial charge in [0.25, 0.3) is 11.9 Å². The minimum Gasteiger partial charge on any atom is -0.481 e. The van der Waals surface area contributed by atoms with Crippen LogP contribution in [0.4, 0.5) is 0 Å². The van der Waals surface area contributed by atoms with E-state index >= 15 is 0 Å². The van der Waals surface area contributed by atoms with Crippen molar-refractivity contribution in [2.45, 2.75) is 20.3 Å². The fourth-order valence-electron chi connectivity index (χ4n) is 1.43. The summed E-state index contributed by atoms with van der Waals surface area (Å²) in [6.45, 7) is 2.17. The van der Waals surface area contributed by atoms with Gasteiger partial charge in [-0.25, -0.2) is 0 Å². The molecule has 4 heteroatoms. The predicted octanol–water partition coefficient (Wildman–Crippen LogP) is 3.46. The molecular weight excluding hydrogens is 268 g/mol. The Labute approximate surface area is 124 Å². The van der Waals surface area contributed by atoms with Gasteiger partial charge >= 0.3 is 0 Å². The van der Waals surface area contributed by atoms with E-state index in [1.807, 2.05) is 0 Å². The molecule has 112 valence electrons. The number of rotatable bonds is 2. The molecule has 0 aromatic heterocycles. The molecule has 0 aliphatic carbocycles. The van der Waals surface area contributed by atoms with Gasteiger partial charge in [-0.3, -0.25) is 9.59 Å². The highest BCUT2D eigenvalue weighted by molar-refractivity contribution is 5.63. The summed E-state index contributed by atoms with van der Waals surface area (Å²) in [5.74, 6) is -1.67. The number of carboxylic acid groups (broad SMARTS) is 2. The van der Waals surface area contributed by atoms with Crippen LogP contribution in [-0.2, 0) is 16.0 Å². The standard InChI is InChI=1S/C13H12.2C2H4O2/c1-3-7-12(8-4-1)11-13-9-5-2-6-10-13;2*1-2(3)4/h1-10H,11H2;2*1H3,(H,3,4). The first-order valence-electron chi connectivity index (χ1n) is 6.38. The largest absolute Gasteiger partial charge is 0.481 e. The highest BCUT2D eigenvalue weighted by Crippen LogP contribution is 2.07. The summed E-state index contributed by atoms with van der Waals surface area (Å²) in [6.07, 6.45) is 1.03. The van der Waals surface area contributed by atoms with Crippen LogP contribution in [0.2, 0.25) is 0 Å². The highest BCUT2D eigenvalue weighted by atomic mass is 16.4. The number of aliphatic carboxylic acids is 2. The van der Waals surface area contributed by atoms with Crippen LogP contribution in [-0.4, -0.2) is 22.2 Å². The normalized spacial score (nSPS) is 8.48. The van der Waals surface area contributed by atoms with E-state index in [4.69, 9.17) is 19.8 Å². The molecule has 2 aromatic carbocycles. The van der Waals surface area contributed by atoms with Gasteiger partial charge in [0.1, 0.15) is 0 Å². The molecule has 4 nitrogen and oxygen atoms in total. The van der Waals surface area contributed by atoms with Gasteiger partial charge in [-0.2, -0.15) is 0 Å². The Balaban J connectivity index is 0.000000421. The van der Waals surface area contributed by atoms with E-state index in [9.17, 15) is 0 Å². The van der Waals surface area contributed by atoms with Gasteiger partial charge < -0.3 is 10.2 Å². The second-order valence-corrected chi connectivity index (χ2v) is 4.19. The average Bonchev–Trinajstić information content (AvgIpc) is 2.40. The summed E-state index contributed by atoms with van der Waals surface area (Å²) in [4.78, 5) is 18.0. The van der Waals surface area contributed by atoms with Crippen LogP contribution in [0.25, 0.3) is 0 Å². The van der Waals surface area contributed by atoms with Gasteiger partial charge in [0, 0.05) is 13.8 Å². The van der Waals surface area contributed by atoms with Crippen LogP contribution in [0.3, 0.4) is 0 Å². The Kier molecular flexibility index (Phi) is 9.83. The van der Waals surface area contributed by atoms with Crippen molar-refractivity contribution < 1.29 is 19.8 Å². The third-order valence-corrected chi connectivity index (χ3v) is 2.09. The first-order chi connectivity index (χ1) is 9.91. The van der Waals surface area contributed by atoms with Crippen LogP contribution in [0.5, 0.6) is 0 Å². The van der Waals surface area contributed by atoms with Crippen LogP contribution >= 0.6 is 0 Å². The smallest absolute Gasteiger partial charge is 0.300 e. The minimum absolute atomic E-state index is 0.833. The fraction of sp³-hybridized carbons (Fsp3) is 0.176. The first-order valence-corrected chi connectivity index (χ1v) is 6.38. The molecule has 0 saturated heterocycles. The average molecular weight is 288 g/mol. The van der Waals surface area contributed by atoms with Crippen molar-refractivity contribution in [3.05, 3.63) is 71.8 Å². The third-order valence-electron chi connectivity index (χ3n) is 2.09. The zero-order valence-corrected chi connectivity index (χ0v) is 12.2. The Morgan fingerprint density at radius 1 is 0.714 bits per heavy atom. The molecule has 0 amide bonds. The molecule has 0 atom stereocenters. The maximum absolute atomic E-state index is 9.00. The zero-order valence-electron chi connectivity index (χ0n) is 12.2. The van der Waals surface area contributed by atoms with Crippen molar-refractivity contribution in [2.75, 3.05) is 0 Å². The van der Waals surface area contributed by atoms with Gasteiger partial charge in [0.05, 0.1) is 0 Å². The van der Waals surface area contributed by atoms with Gasteiger partial charge in [0.2, 0.25) is 0 Å². The lowest BCUT2D eigenvalue weighted by Crippen LogP contribution is -1.85. The van der Waals surface area contributed by atoms with Crippen LogP contribution in [0.15, 0.2) is 60.7 Å². The number of hydrogen-bond donors (Lipinski definition) is 2. The molecule has 0 heterocycles. The maximum atomic E-state index is 9.00. The summed E-state index contributed by atoms with van der Waals surface area (Å²) in [7, 11) is 0. The summed E-state index contributed by atoms with van der Waals surface area (Å²) in [5, 5.41) is 14.8. The molecule has 2 N–H and O–H groups in total. The number of benzene rings is 2. The molecule has 0 aliphatic heterocycles. The molecule has 0 aliphatic rings. The summed E-state index contributed by atoms with van der Waals surface area (Å²) < 4.78 is 0. The highest BCUT2D eigenvalue weighted by Gasteiger charge is 1.92. The Hall–Kier alpha value is -2.62. The van der Waals surface area contributed by atoms with Gasteiger partial charge in [-0.05, 0) is 17.5 Å². The Morgan fingerprint density at radius 3 is 1.19 bits per heavy atom. The topological polar surface area (TPSA) is 74.6 Å². The molecule has 0 radical (unpaired) electrons. The summed E-state index contributed by atoms with van der Waals surface area (Å²) in [6, 6.07) is 21.1. The lowest BCUT2D eigenvalue weighted by molar-refractivity contribution is -0.135. The first kappa shape index (κ1) is 18.4. The number of carboxylic acids is 2. The van der Waals surface area contributed by atoms with Crippen molar-refractivity contribution in [3.8, 4) is 0 Å². The molecule has 21 heavy (non-hydrogen) atoms. The zero-order chi connectivity index (χ0) is 16.1. The van der Waals surface area contributed by atoms with E-state index in [1.54, 1.807) is 0 Å². The van der Waals surface area contributed by atoms with E-state index in [0.29, 0.717) is 0 Å². The molecule has 0 saturated carbocycles. The second-order valence-electron chi connectivity index (χ2n) is 4.19. The van der Waals surface area contributed by atoms with E-state index < -0.39 is 11.9 Å². The van der Waals surface area contributed by atoms with Crippen molar-refractivity contribution in [3.63, 3.8) is 0 Å². The van der Waals surface area contributed by atoms with Crippen molar-refractivity contribution in [2.24, 2.45) is 0 Å². The number of hydrogen-bond acceptors (Lipinski definition) is 2. The maximum Gasteiger partial charge on any atom is 0.300 e. The fourth-order valence-corrected chi connectivity index (χ4v) is 1.43. The van der Waals surface area contributed by atoms with Crippen LogP contribution in [0.1, 0.15) is 25.0 Å². The summed E-state index contributed by atoms with van der Waals surface area (Å²) in [5.41, 5.74) is 2.74. The van der Waals surface area contributed by atoms with Crippen LogP contribution < -0.4 is 0 Å². The van der Waals surface area contributed by atoms with Crippen molar-refractivity contribution >= 4 is 11.9 Å². The lowest BCUT2D eigenvalue weighted by Gasteiger charge is -2.00. The van der Waals surface area contributed by atoms with Crippen LogP contribution in [0, 0.1) is 0 Å². The Morgan fingerprint density at radius 2 is 0.952 bits per heavy atom. The van der Waals surface area contributed by atoms with Gasteiger partial charge in [-0.15, -0.1) is 0 Å². The lowest BCUT2D eigenvalue weighted by atomic mass is 10.1. The van der Waals surface area contributed by atoms with E-state index in [2.05, 4.69) is 60.7 Å². The molecule has 0 bridgehead atoms. The Bertz CT molecular complexity index is 464. The molecule has 0 spiro atoms. The SMILES string of the molecule is CC(=O)O.CC(=O)O.c1ccc(Cc2ccccc2)cc1. The van der Waals surface area contributed by atoms with E-state index in [1.165, 1.54) is 11.1 Å². The van der Waals surface area contributed by atoms with Gasteiger partial charge in [0.15, 0.2) is 0 Å². The molecular formula is C17H20O4. The molecule has 2 aromatic rings. The molecule has 2 rings (SSSR count). The monoisotopic (exact) mass is 288 g/mol. The van der Waals surface area contributed by atoms with E-state index in [-0.39, 0.29) is 0 Å².